The van der Waals surface area contributed by atoms with Crippen molar-refractivity contribution in [3.63, 3.8) is 0 Å². The Bertz CT molecular complexity index is 426. The number of hydrazone groups is 1. The zero-order valence-electron chi connectivity index (χ0n) is 10.8. The first-order valence-corrected chi connectivity index (χ1v) is 6.58. The molecule has 0 spiro atoms. The average molecular weight is 289 g/mol. The van der Waals surface area contributed by atoms with Gasteiger partial charge in [0, 0.05) is 25.0 Å². The van der Waals surface area contributed by atoms with Crippen LogP contribution in [-0.4, -0.2) is 30.2 Å². The molecule has 0 aliphatic carbocycles. The van der Waals surface area contributed by atoms with E-state index in [1.165, 1.54) is 12.0 Å². The summed E-state index contributed by atoms with van der Waals surface area (Å²) in [5, 5.41) is 8.60. The van der Waals surface area contributed by atoms with Crippen LogP contribution in [0, 0.1) is 0 Å². The maximum absolute atomic E-state index is 5.91. The number of anilines is 1. The second-order valence-electron chi connectivity index (χ2n) is 3.74. The molecule has 100 valence electrons. The summed E-state index contributed by atoms with van der Waals surface area (Å²) in [7, 11) is 3.32. The van der Waals surface area contributed by atoms with E-state index in [9.17, 15) is 0 Å². The summed E-state index contributed by atoms with van der Waals surface area (Å²) in [5.41, 5.74) is 4.47. The highest BCUT2D eigenvalue weighted by Gasteiger charge is 2.13. The molecule has 0 saturated heterocycles. The van der Waals surface area contributed by atoms with Crippen LogP contribution in [-0.2, 0) is 4.18 Å². The van der Waals surface area contributed by atoms with Gasteiger partial charge in [0.15, 0.2) is 5.04 Å². The van der Waals surface area contributed by atoms with Crippen molar-refractivity contribution in [1.29, 1.82) is 0 Å². The predicted octanol–water partition coefficient (Wildman–Crippen LogP) is 2.73. The standard InChI is InChI=1S/C11H17ClN4OS/c1-7(2)15-9-5-10(12)14-6-8(9)11(16-13-3)18-17-4/h5-7,13H,1-4H3,(H,14,15)/b16-11-. The molecule has 0 bridgehead atoms. The highest BCUT2D eigenvalue weighted by molar-refractivity contribution is 8.10. The summed E-state index contributed by atoms with van der Waals surface area (Å²) in [6, 6.07) is 2.06. The third-order valence-electron chi connectivity index (χ3n) is 1.92. The van der Waals surface area contributed by atoms with E-state index < -0.39 is 0 Å². The molecule has 1 rings (SSSR count). The molecule has 7 heteroatoms. The molecule has 0 saturated carbocycles. The SMILES string of the molecule is CN/N=C(\SOC)c1cnc(Cl)cc1NC(C)C. The fourth-order valence-corrected chi connectivity index (χ4v) is 2.03. The van der Waals surface area contributed by atoms with Gasteiger partial charge in [-0.3, -0.25) is 0 Å². The van der Waals surface area contributed by atoms with Crippen molar-refractivity contribution >= 4 is 34.4 Å². The van der Waals surface area contributed by atoms with Gasteiger partial charge >= 0.3 is 0 Å². The predicted molar refractivity (Wildman–Crippen MR) is 78.2 cm³/mol. The minimum absolute atomic E-state index is 0.283. The largest absolute Gasteiger partial charge is 0.382 e. The molecule has 1 aromatic rings. The molecular formula is C11H17ClN4OS. The molecule has 0 aliphatic rings. The zero-order valence-corrected chi connectivity index (χ0v) is 12.4. The topological polar surface area (TPSA) is 58.5 Å². The van der Waals surface area contributed by atoms with Gasteiger partial charge in [-0.15, -0.1) is 0 Å². The Balaban J connectivity index is 3.15. The molecule has 18 heavy (non-hydrogen) atoms. The van der Waals surface area contributed by atoms with Crippen molar-refractivity contribution in [2.24, 2.45) is 5.10 Å². The van der Waals surface area contributed by atoms with Crippen molar-refractivity contribution in [1.82, 2.24) is 10.4 Å². The summed E-state index contributed by atoms with van der Waals surface area (Å²) in [4.78, 5) is 4.08. The number of pyridine rings is 1. The van der Waals surface area contributed by atoms with Gasteiger partial charge < -0.3 is 14.9 Å². The van der Waals surface area contributed by atoms with E-state index in [1.54, 1.807) is 26.4 Å². The van der Waals surface area contributed by atoms with Crippen molar-refractivity contribution in [3.05, 3.63) is 23.0 Å². The van der Waals surface area contributed by atoms with Gasteiger partial charge in [-0.25, -0.2) is 4.98 Å². The maximum Gasteiger partial charge on any atom is 0.154 e. The molecule has 1 aromatic heterocycles. The molecule has 5 nitrogen and oxygen atoms in total. The van der Waals surface area contributed by atoms with Gasteiger partial charge in [-0.2, -0.15) is 5.10 Å². The molecule has 0 unspecified atom stereocenters. The summed E-state index contributed by atoms with van der Waals surface area (Å²) in [6.45, 7) is 4.10. The number of hydrogen-bond donors (Lipinski definition) is 2. The molecule has 0 amide bonds. The highest BCUT2D eigenvalue weighted by atomic mass is 35.5. The van der Waals surface area contributed by atoms with E-state index in [0.29, 0.717) is 10.2 Å². The lowest BCUT2D eigenvalue weighted by atomic mass is 10.2. The number of nitrogens with zero attached hydrogens (tertiary/aromatic N) is 2. The van der Waals surface area contributed by atoms with Crippen LogP contribution in [0.1, 0.15) is 19.4 Å². The second kappa shape index (κ2) is 7.45. The monoisotopic (exact) mass is 288 g/mol. The van der Waals surface area contributed by atoms with Crippen LogP contribution in [0.4, 0.5) is 5.69 Å². The summed E-state index contributed by atoms with van der Waals surface area (Å²) in [6.07, 6.45) is 1.68. The van der Waals surface area contributed by atoms with Crippen molar-refractivity contribution in [2.45, 2.75) is 19.9 Å². The Labute approximate surface area is 117 Å². The molecule has 0 atom stereocenters. The summed E-state index contributed by atoms with van der Waals surface area (Å²) < 4.78 is 5.06. The lowest BCUT2D eigenvalue weighted by Gasteiger charge is -2.15. The third kappa shape index (κ3) is 4.36. The van der Waals surface area contributed by atoms with Crippen LogP contribution in [0.5, 0.6) is 0 Å². The quantitative estimate of drug-likeness (QED) is 0.287. The van der Waals surface area contributed by atoms with Gasteiger partial charge in [0.1, 0.15) is 5.15 Å². The van der Waals surface area contributed by atoms with E-state index in [4.69, 9.17) is 15.8 Å². The van der Waals surface area contributed by atoms with Crippen LogP contribution in [0.3, 0.4) is 0 Å². The fourth-order valence-electron chi connectivity index (χ4n) is 1.33. The van der Waals surface area contributed by atoms with E-state index in [1.807, 2.05) is 0 Å². The van der Waals surface area contributed by atoms with Crippen LogP contribution >= 0.6 is 23.6 Å². The van der Waals surface area contributed by atoms with Gasteiger partial charge in [-0.05, 0) is 19.9 Å². The van der Waals surface area contributed by atoms with Crippen LogP contribution < -0.4 is 10.7 Å². The minimum atomic E-state index is 0.283. The Morgan fingerprint density at radius 3 is 2.83 bits per heavy atom. The number of rotatable bonds is 5. The Kier molecular flexibility index (Phi) is 6.24. The normalized spacial score (nSPS) is 11.8. The Morgan fingerprint density at radius 2 is 2.28 bits per heavy atom. The maximum atomic E-state index is 5.91. The molecule has 0 radical (unpaired) electrons. The van der Waals surface area contributed by atoms with E-state index in [0.717, 1.165) is 11.3 Å². The smallest absolute Gasteiger partial charge is 0.154 e. The van der Waals surface area contributed by atoms with Gasteiger partial charge in [0.05, 0.1) is 24.7 Å². The lowest BCUT2D eigenvalue weighted by molar-refractivity contribution is 0.496. The van der Waals surface area contributed by atoms with Gasteiger partial charge in [0.2, 0.25) is 0 Å². The number of aromatic nitrogens is 1. The first-order chi connectivity index (χ1) is 8.58. The van der Waals surface area contributed by atoms with Gasteiger partial charge in [-0.1, -0.05) is 11.6 Å². The molecule has 0 aromatic carbocycles. The average Bonchev–Trinajstić information content (AvgIpc) is 2.28. The molecule has 1 heterocycles. The molecule has 2 N–H and O–H groups in total. The van der Waals surface area contributed by atoms with Crippen LogP contribution in [0.2, 0.25) is 5.15 Å². The first kappa shape index (κ1) is 15.1. The first-order valence-electron chi connectivity index (χ1n) is 5.46. The Morgan fingerprint density at radius 1 is 1.56 bits per heavy atom. The lowest BCUT2D eigenvalue weighted by Crippen LogP contribution is -2.14. The summed E-state index contributed by atoms with van der Waals surface area (Å²) >= 11 is 7.08. The fraction of sp³-hybridized carbons (Fsp3) is 0.455. The zero-order chi connectivity index (χ0) is 13.5. The van der Waals surface area contributed by atoms with E-state index >= 15 is 0 Å². The molecule has 0 fully saturated rings. The number of nitrogens with one attached hydrogen (secondary N) is 2. The number of halogens is 1. The van der Waals surface area contributed by atoms with Gasteiger partial charge in [0.25, 0.3) is 0 Å². The van der Waals surface area contributed by atoms with Crippen LogP contribution in [0.15, 0.2) is 17.4 Å². The molecule has 0 aliphatic heterocycles. The second-order valence-corrected chi connectivity index (χ2v) is 5.02. The van der Waals surface area contributed by atoms with Crippen molar-refractivity contribution in [3.8, 4) is 0 Å². The van der Waals surface area contributed by atoms with Crippen LogP contribution in [0.25, 0.3) is 0 Å². The minimum Gasteiger partial charge on any atom is -0.382 e. The van der Waals surface area contributed by atoms with E-state index in [2.05, 4.69) is 34.7 Å². The van der Waals surface area contributed by atoms with Crippen molar-refractivity contribution in [2.75, 3.05) is 19.5 Å². The summed E-state index contributed by atoms with van der Waals surface area (Å²) in [5.74, 6) is 0. The van der Waals surface area contributed by atoms with E-state index in [-0.39, 0.29) is 6.04 Å². The molecular weight excluding hydrogens is 272 g/mol. The van der Waals surface area contributed by atoms with Crippen molar-refractivity contribution < 1.29 is 4.18 Å². The number of hydrogen-bond acceptors (Lipinski definition) is 6. The third-order valence-corrected chi connectivity index (χ3v) is 2.76. The Hall–Kier alpha value is -0.980. The highest BCUT2D eigenvalue weighted by Crippen LogP contribution is 2.24.